The number of rotatable bonds is 5. The van der Waals surface area contributed by atoms with Crippen molar-refractivity contribution in [2.75, 3.05) is 13.2 Å². The Morgan fingerprint density at radius 2 is 1.61 bits per heavy atom. The number of carbonyl (C=O) groups is 2. The van der Waals surface area contributed by atoms with E-state index in [0.29, 0.717) is 32.9 Å². The zero-order valence-corrected chi connectivity index (χ0v) is 21.5. The van der Waals surface area contributed by atoms with E-state index in [4.69, 9.17) is 45.3 Å². The Morgan fingerprint density at radius 1 is 1.00 bits per heavy atom. The number of thiocarbonyl (C=S) groups is 1. The Bertz CT molecular complexity index is 1150. The van der Waals surface area contributed by atoms with Crippen molar-refractivity contribution in [1.29, 1.82) is 0 Å². The minimum absolute atomic E-state index is 0.146. The van der Waals surface area contributed by atoms with Crippen LogP contribution in [0, 0.1) is 0 Å². The van der Waals surface area contributed by atoms with Crippen molar-refractivity contribution in [3.05, 3.63) is 62.5 Å². The van der Waals surface area contributed by atoms with Gasteiger partial charge in [0.05, 0.1) is 28.8 Å². The number of halogens is 3. The SMILES string of the molecule is CCOC(=O)c1nc(-c2ccc(Cl)cc2Cl)c(-c2ccc(Cl)cc2)s1.CCOC(=S)C(N)=O. The molecule has 0 saturated heterocycles. The fraction of sp³-hybridized carbons (Fsp3) is 0.182. The number of hydrogen-bond acceptors (Lipinski definition) is 7. The molecule has 0 unspecified atom stereocenters. The fourth-order valence-electron chi connectivity index (χ4n) is 2.46. The Hall–Kier alpha value is -2.23. The zero-order chi connectivity index (χ0) is 24.5. The Morgan fingerprint density at radius 3 is 2.12 bits per heavy atom. The molecule has 0 atom stereocenters. The molecule has 0 aliphatic rings. The Labute approximate surface area is 215 Å². The number of primary amides is 1. The van der Waals surface area contributed by atoms with Crippen LogP contribution in [0.4, 0.5) is 0 Å². The van der Waals surface area contributed by atoms with Crippen LogP contribution >= 0.6 is 58.4 Å². The number of aromatic nitrogens is 1. The van der Waals surface area contributed by atoms with Gasteiger partial charge in [0, 0.05) is 15.6 Å². The van der Waals surface area contributed by atoms with Gasteiger partial charge in [-0.05, 0) is 62.0 Å². The predicted molar refractivity (Wildman–Crippen MR) is 137 cm³/mol. The molecule has 3 aromatic rings. The van der Waals surface area contributed by atoms with E-state index in [1.54, 1.807) is 44.2 Å². The van der Waals surface area contributed by atoms with E-state index in [9.17, 15) is 9.59 Å². The molecule has 11 heteroatoms. The number of thiazole rings is 1. The second kappa shape index (κ2) is 12.9. The van der Waals surface area contributed by atoms with Crippen molar-refractivity contribution in [2.24, 2.45) is 5.73 Å². The quantitative estimate of drug-likeness (QED) is 0.293. The van der Waals surface area contributed by atoms with Gasteiger partial charge in [0.1, 0.15) is 0 Å². The van der Waals surface area contributed by atoms with Crippen LogP contribution in [0.25, 0.3) is 21.7 Å². The number of ether oxygens (including phenoxy) is 2. The van der Waals surface area contributed by atoms with Crippen molar-refractivity contribution in [3.63, 3.8) is 0 Å². The Kier molecular flexibility index (Phi) is 10.5. The van der Waals surface area contributed by atoms with Gasteiger partial charge in [0.25, 0.3) is 5.91 Å². The maximum absolute atomic E-state index is 12.1. The summed E-state index contributed by atoms with van der Waals surface area (Å²) < 4.78 is 9.63. The lowest BCUT2D eigenvalue weighted by atomic mass is 10.1. The lowest BCUT2D eigenvalue weighted by Crippen LogP contribution is -2.23. The summed E-state index contributed by atoms with van der Waals surface area (Å²) in [6.07, 6.45) is 0. The summed E-state index contributed by atoms with van der Waals surface area (Å²) in [7, 11) is 0. The van der Waals surface area contributed by atoms with Crippen LogP contribution in [-0.4, -0.2) is 35.1 Å². The third kappa shape index (κ3) is 7.65. The molecule has 1 aromatic heterocycles. The summed E-state index contributed by atoms with van der Waals surface area (Å²) in [5.41, 5.74) is 6.91. The standard InChI is InChI=1S/C18H12Cl3NO2S.C4H7NO2S/c1-2-24-18(23)17-22-15(13-8-7-12(20)9-14(13)21)16(25-17)10-3-5-11(19)6-4-10;1-2-7-4(8)3(5)6/h3-9H,2H2,1H3;2H2,1H3,(H2,5,6). The summed E-state index contributed by atoms with van der Waals surface area (Å²) in [6.45, 7) is 4.16. The molecule has 33 heavy (non-hydrogen) atoms. The summed E-state index contributed by atoms with van der Waals surface area (Å²) in [5, 5.41) is 1.75. The lowest BCUT2D eigenvalue weighted by molar-refractivity contribution is -0.113. The van der Waals surface area contributed by atoms with Crippen LogP contribution in [-0.2, 0) is 14.3 Å². The number of nitrogens with two attached hydrogens (primary N) is 1. The molecule has 0 bridgehead atoms. The number of amides is 1. The molecule has 3 rings (SSSR count). The number of hydrogen-bond donors (Lipinski definition) is 1. The first-order valence-electron chi connectivity index (χ1n) is 9.53. The minimum atomic E-state index is -0.679. The van der Waals surface area contributed by atoms with Crippen LogP contribution < -0.4 is 5.73 Å². The number of esters is 1. The second-order valence-corrected chi connectivity index (χ2v) is 8.78. The topological polar surface area (TPSA) is 91.5 Å². The third-order valence-electron chi connectivity index (χ3n) is 3.85. The molecule has 6 nitrogen and oxygen atoms in total. The molecule has 0 radical (unpaired) electrons. The smallest absolute Gasteiger partial charge is 0.367 e. The largest absolute Gasteiger partial charge is 0.480 e. The molecule has 0 fully saturated rings. The van der Waals surface area contributed by atoms with E-state index in [1.807, 2.05) is 12.1 Å². The van der Waals surface area contributed by atoms with E-state index in [-0.39, 0.29) is 16.7 Å². The van der Waals surface area contributed by atoms with E-state index in [2.05, 4.69) is 21.9 Å². The monoisotopic (exact) mass is 544 g/mol. The number of carbonyl (C=O) groups excluding carboxylic acids is 2. The highest BCUT2D eigenvalue weighted by molar-refractivity contribution is 7.81. The van der Waals surface area contributed by atoms with Crippen LogP contribution in [0.1, 0.15) is 23.6 Å². The molecule has 174 valence electrons. The van der Waals surface area contributed by atoms with Gasteiger partial charge in [-0.3, -0.25) is 4.79 Å². The third-order valence-corrected chi connectivity index (χ3v) is 6.05. The molecule has 1 heterocycles. The van der Waals surface area contributed by atoms with E-state index >= 15 is 0 Å². The summed E-state index contributed by atoms with van der Waals surface area (Å²) in [6, 6.07) is 12.5. The molecular formula is C22H19Cl3N2O4S2. The van der Waals surface area contributed by atoms with Crippen molar-refractivity contribution in [3.8, 4) is 21.7 Å². The summed E-state index contributed by atoms with van der Waals surface area (Å²) in [4.78, 5) is 27.4. The molecule has 0 aliphatic carbocycles. The van der Waals surface area contributed by atoms with E-state index in [0.717, 1.165) is 10.4 Å². The van der Waals surface area contributed by atoms with Gasteiger partial charge in [-0.1, -0.05) is 46.9 Å². The van der Waals surface area contributed by atoms with Crippen molar-refractivity contribution < 1.29 is 19.1 Å². The lowest BCUT2D eigenvalue weighted by Gasteiger charge is -2.05. The van der Waals surface area contributed by atoms with Gasteiger partial charge in [-0.2, -0.15) is 0 Å². The molecular weight excluding hydrogens is 527 g/mol. The highest BCUT2D eigenvalue weighted by Crippen LogP contribution is 2.40. The zero-order valence-electron chi connectivity index (χ0n) is 17.6. The first-order valence-corrected chi connectivity index (χ1v) is 11.9. The van der Waals surface area contributed by atoms with Gasteiger partial charge < -0.3 is 15.2 Å². The predicted octanol–water partition coefficient (Wildman–Crippen LogP) is 6.45. The Balaban J connectivity index is 0.000000414. The number of nitrogens with zero attached hydrogens (tertiary/aromatic N) is 1. The maximum atomic E-state index is 12.1. The van der Waals surface area contributed by atoms with Crippen LogP contribution in [0.15, 0.2) is 42.5 Å². The minimum Gasteiger partial charge on any atom is -0.480 e. The summed E-state index contributed by atoms with van der Waals surface area (Å²) >= 11 is 23.9. The fourth-order valence-corrected chi connectivity index (χ4v) is 4.18. The maximum Gasteiger partial charge on any atom is 0.367 e. The first kappa shape index (κ1) is 27.0. The van der Waals surface area contributed by atoms with Crippen LogP contribution in [0.3, 0.4) is 0 Å². The second-order valence-electron chi connectivity index (χ2n) is 6.13. The first-order chi connectivity index (χ1) is 15.7. The highest BCUT2D eigenvalue weighted by atomic mass is 35.5. The van der Waals surface area contributed by atoms with E-state index < -0.39 is 11.9 Å². The van der Waals surface area contributed by atoms with Crippen molar-refractivity contribution >= 4 is 75.3 Å². The molecule has 2 N–H and O–H groups in total. The highest BCUT2D eigenvalue weighted by Gasteiger charge is 2.21. The summed E-state index contributed by atoms with van der Waals surface area (Å²) in [5.74, 6) is -1.14. The molecule has 1 amide bonds. The number of benzene rings is 2. The average molecular weight is 546 g/mol. The van der Waals surface area contributed by atoms with E-state index in [1.165, 1.54) is 11.3 Å². The van der Waals surface area contributed by atoms with Gasteiger partial charge in [0.2, 0.25) is 10.1 Å². The van der Waals surface area contributed by atoms with Crippen molar-refractivity contribution in [1.82, 2.24) is 4.98 Å². The van der Waals surface area contributed by atoms with Gasteiger partial charge in [-0.25, -0.2) is 9.78 Å². The normalized spacial score (nSPS) is 10.1. The van der Waals surface area contributed by atoms with Gasteiger partial charge >= 0.3 is 5.97 Å². The van der Waals surface area contributed by atoms with Crippen molar-refractivity contribution in [2.45, 2.75) is 13.8 Å². The molecule has 0 saturated carbocycles. The van der Waals surface area contributed by atoms with Gasteiger partial charge in [0.15, 0.2) is 0 Å². The average Bonchev–Trinajstić information content (AvgIpc) is 3.20. The van der Waals surface area contributed by atoms with Crippen LogP contribution in [0.5, 0.6) is 0 Å². The molecule has 0 spiro atoms. The van der Waals surface area contributed by atoms with Crippen LogP contribution in [0.2, 0.25) is 15.1 Å². The molecule has 0 aliphatic heterocycles. The van der Waals surface area contributed by atoms with Gasteiger partial charge in [-0.15, -0.1) is 11.3 Å². The molecule has 2 aromatic carbocycles.